The molecule has 0 spiro atoms. The number of nitrogens with zero attached hydrogens (tertiary/aromatic N) is 4. The molecule has 2 aromatic carbocycles. The smallest absolute Gasteiger partial charge is 0.229 e. The SMILES string of the molecule is CCP(=O)(CC)c1ccccc1Nc1nc(Nc2ccc(N3CCC(N(C)C)CC3)cc2OC)nc2ccsc12. The molecule has 212 valence electrons. The van der Waals surface area contributed by atoms with Gasteiger partial charge in [0, 0.05) is 48.5 Å². The van der Waals surface area contributed by atoms with Crippen molar-refractivity contribution in [2.24, 2.45) is 0 Å². The largest absolute Gasteiger partial charge is 0.494 e. The van der Waals surface area contributed by atoms with Crippen LogP contribution in [0.25, 0.3) is 10.2 Å². The number of nitrogens with one attached hydrogen (secondary N) is 2. The molecule has 1 aliphatic rings. The molecule has 0 unspecified atom stereocenters. The van der Waals surface area contributed by atoms with E-state index >= 15 is 0 Å². The highest BCUT2D eigenvalue weighted by molar-refractivity contribution is 7.71. The number of fused-ring (bicyclic) bond motifs is 1. The van der Waals surface area contributed by atoms with Gasteiger partial charge in [-0.25, -0.2) is 4.98 Å². The Bertz CT molecular complexity index is 1510. The number of para-hydroxylation sites is 1. The molecule has 1 fully saturated rings. The predicted molar refractivity (Wildman–Crippen MR) is 171 cm³/mol. The fraction of sp³-hybridized carbons (Fsp3) is 0.400. The Kier molecular flexibility index (Phi) is 8.64. The minimum atomic E-state index is -2.50. The summed E-state index contributed by atoms with van der Waals surface area (Å²) in [6, 6.07) is 16.7. The van der Waals surface area contributed by atoms with Crippen molar-refractivity contribution in [2.45, 2.75) is 32.7 Å². The molecule has 40 heavy (non-hydrogen) atoms. The van der Waals surface area contributed by atoms with Crippen LogP contribution in [0.15, 0.2) is 53.9 Å². The molecule has 0 amide bonds. The zero-order valence-electron chi connectivity index (χ0n) is 24.0. The van der Waals surface area contributed by atoms with Gasteiger partial charge < -0.3 is 29.7 Å². The van der Waals surface area contributed by atoms with Gasteiger partial charge in [-0.1, -0.05) is 26.0 Å². The van der Waals surface area contributed by atoms with Crippen LogP contribution >= 0.6 is 18.5 Å². The molecule has 4 aromatic rings. The minimum Gasteiger partial charge on any atom is -0.494 e. The quantitative estimate of drug-likeness (QED) is 0.200. The van der Waals surface area contributed by atoms with Crippen LogP contribution in [0.3, 0.4) is 0 Å². The lowest BCUT2D eigenvalue weighted by Gasteiger charge is -2.36. The number of ether oxygens (including phenoxy) is 1. The van der Waals surface area contributed by atoms with E-state index < -0.39 is 7.14 Å². The molecule has 0 radical (unpaired) electrons. The molecule has 1 saturated heterocycles. The van der Waals surface area contributed by atoms with Crippen molar-refractivity contribution < 1.29 is 9.30 Å². The van der Waals surface area contributed by atoms with E-state index in [-0.39, 0.29) is 0 Å². The maximum atomic E-state index is 13.6. The van der Waals surface area contributed by atoms with E-state index in [4.69, 9.17) is 14.7 Å². The van der Waals surface area contributed by atoms with Crippen LogP contribution in [0.4, 0.5) is 28.8 Å². The van der Waals surface area contributed by atoms with Crippen molar-refractivity contribution in [2.75, 3.05) is 62.2 Å². The molecule has 2 N–H and O–H groups in total. The predicted octanol–water partition coefficient (Wildman–Crippen LogP) is 6.75. The van der Waals surface area contributed by atoms with Crippen LogP contribution in [0.1, 0.15) is 26.7 Å². The number of methoxy groups -OCH3 is 1. The molecular formula is C30H39N6O2PS. The van der Waals surface area contributed by atoms with Crippen molar-refractivity contribution in [3.05, 3.63) is 53.9 Å². The van der Waals surface area contributed by atoms with E-state index in [0.717, 1.165) is 64.3 Å². The van der Waals surface area contributed by atoms with Crippen LogP contribution in [-0.2, 0) is 4.57 Å². The third-order valence-electron chi connectivity index (χ3n) is 7.91. The Labute approximate surface area is 241 Å². The number of thiophene rings is 1. The number of aromatic nitrogens is 2. The Hall–Kier alpha value is -3.13. The average molecular weight is 579 g/mol. The summed E-state index contributed by atoms with van der Waals surface area (Å²) in [6.07, 6.45) is 3.54. The van der Waals surface area contributed by atoms with Crippen molar-refractivity contribution in [3.8, 4) is 5.75 Å². The molecule has 10 heteroatoms. The summed E-state index contributed by atoms with van der Waals surface area (Å²) in [4.78, 5) is 14.4. The first-order valence-electron chi connectivity index (χ1n) is 13.9. The molecule has 3 heterocycles. The third-order valence-corrected chi connectivity index (χ3v) is 12.1. The van der Waals surface area contributed by atoms with E-state index in [1.807, 2.05) is 55.6 Å². The highest BCUT2D eigenvalue weighted by atomic mass is 32.1. The lowest BCUT2D eigenvalue weighted by Crippen LogP contribution is -2.41. The molecular weight excluding hydrogens is 539 g/mol. The van der Waals surface area contributed by atoms with Crippen LogP contribution in [0, 0.1) is 0 Å². The molecule has 0 saturated carbocycles. The number of anilines is 5. The first-order valence-corrected chi connectivity index (χ1v) is 16.9. The monoisotopic (exact) mass is 578 g/mol. The van der Waals surface area contributed by atoms with E-state index in [1.54, 1.807) is 18.4 Å². The van der Waals surface area contributed by atoms with Crippen LogP contribution in [0.2, 0.25) is 0 Å². The highest BCUT2D eigenvalue weighted by Crippen LogP contribution is 2.46. The number of benzene rings is 2. The Morgan fingerprint density at radius 2 is 1.77 bits per heavy atom. The average Bonchev–Trinajstić information content (AvgIpc) is 3.46. The molecule has 1 aliphatic heterocycles. The second kappa shape index (κ2) is 12.2. The van der Waals surface area contributed by atoms with Gasteiger partial charge >= 0.3 is 0 Å². The summed E-state index contributed by atoms with van der Waals surface area (Å²) in [5.41, 5.74) is 3.63. The van der Waals surface area contributed by atoms with E-state index in [2.05, 4.69) is 46.7 Å². The second-order valence-electron chi connectivity index (χ2n) is 10.4. The van der Waals surface area contributed by atoms with Gasteiger partial charge in [-0.2, -0.15) is 4.98 Å². The first-order chi connectivity index (χ1) is 19.3. The van der Waals surface area contributed by atoms with Gasteiger partial charge in [-0.05, 0) is 62.6 Å². The molecule has 8 nitrogen and oxygen atoms in total. The van der Waals surface area contributed by atoms with E-state index in [9.17, 15) is 4.57 Å². The van der Waals surface area contributed by atoms with Gasteiger partial charge in [0.05, 0.1) is 28.7 Å². The number of piperidine rings is 1. The fourth-order valence-electron chi connectivity index (χ4n) is 5.37. The normalized spacial score (nSPS) is 14.6. The van der Waals surface area contributed by atoms with E-state index in [0.29, 0.717) is 30.1 Å². The van der Waals surface area contributed by atoms with Gasteiger partial charge in [-0.15, -0.1) is 11.3 Å². The standard InChI is InChI=1S/C30H39N6O2PS/c1-6-39(37,7-2)27-11-9-8-10-24(27)31-29-28-25(16-19-40-28)33-30(34-29)32-23-13-12-22(20-26(23)38-5)36-17-14-21(15-18-36)35(3)4/h8-13,16,19-21H,6-7,14-15,17-18H2,1-5H3,(H2,31,32,33,34). The third kappa shape index (κ3) is 5.82. The molecule has 0 atom stereocenters. The lowest BCUT2D eigenvalue weighted by molar-refractivity contribution is 0.249. The Morgan fingerprint density at radius 1 is 1.02 bits per heavy atom. The van der Waals surface area contributed by atoms with Crippen molar-refractivity contribution in [1.29, 1.82) is 0 Å². The lowest BCUT2D eigenvalue weighted by atomic mass is 10.0. The highest BCUT2D eigenvalue weighted by Gasteiger charge is 2.24. The van der Waals surface area contributed by atoms with Crippen molar-refractivity contribution in [1.82, 2.24) is 14.9 Å². The number of hydrogen-bond acceptors (Lipinski definition) is 9. The van der Waals surface area contributed by atoms with Gasteiger partial charge in [0.15, 0.2) is 5.82 Å². The van der Waals surface area contributed by atoms with Crippen LogP contribution in [0.5, 0.6) is 5.75 Å². The summed E-state index contributed by atoms with van der Waals surface area (Å²) in [5.74, 6) is 1.90. The molecule has 2 aromatic heterocycles. The Morgan fingerprint density at radius 3 is 2.48 bits per heavy atom. The second-order valence-corrected chi connectivity index (χ2v) is 14.8. The van der Waals surface area contributed by atoms with E-state index in [1.165, 1.54) is 0 Å². The van der Waals surface area contributed by atoms with Crippen LogP contribution < -0.4 is 25.6 Å². The number of hydrogen-bond donors (Lipinski definition) is 2. The zero-order chi connectivity index (χ0) is 28.3. The summed E-state index contributed by atoms with van der Waals surface area (Å²) < 4.78 is 20.4. The first kappa shape index (κ1) is 28.4. The molecule has 0 aliphatic carbocycles. The molecule has 0 bridgehead atoms. The minimum absolute atomic E-state index is 0.470. The Balaban J connectivity index is 1.42. The summed E-state index contributed by atoms with van der Waals surface area (Å²) >= 11 is 1.58. The zero-order valence-corrected chi connectivity index (χ0v) is 25.7. The number of rotatable bonds is 10. The summed E-state index contributed by atoms with van der Waals surface area (Å²) in [6.45, 7) is 6.04. The summed E-state index contributed by atoms with van der Waals surface area (Å²) in [5, 5.41) is 9.77. The van der Waals surface area contributed by atoms with Crippen LogP contribution in [-0.4, -0.2) is 67.5 Å². The fourth-order valence-corrected chi connectivity index (χ4v) is 8.20. The van der Waals surface area contributed by atoms with Gasteiger partial charge in [0.25, 0.3) is 0 Å². The van der Waals surface area contributed by atoms with Gasteiger partial charge in [-0.3, -0.25) is 0 Å². The van der Waals surface area contributed by atoms with Gasteiger partial charge in [0.2, 0.25) is 5.95 Å². The van der Waals surface area contributed by atoms with Gasteiger partial charge in [0.1, 0.15) is 12.9 Å². The topological polar surface area (TPSA) is 82.6 Å². The van der Waals surface area contributed by atoms with Crippen molar-refractivity contribution >= 4 is 62.8 Å². The summed E-state index contributed by atoms with van der Waals surface area (Å²) in [7, 11) is 3.51. The maximum absolute atomic E-state index is 13.6. The molecule has 5 rings (SSSR count). The van der Waals surface area contributed by atoms with Crippen molar-refractivity contribution in [3.63, 3.8) is 0 Å². The maximum Gasteiger partial charge on any atom is 0.229 e.